The number of carbonyl (C=O) groups is 1. The molecule has 1 aromatic carbocycles. The standard InChI is InChI=1S/C16H17BrFNOS/c1-19(13-5-3-2-4-12(13)17)16(20)15-8-10-6-7-11(18)9-14(10)21-15/h6-9,12-13H,2-5H2,1H3. The Labute approximate surface area is 136 Å². The molecule has 21 heavy (non-hydrogen) atoms. The molecule has 2 unspecified atom stereocenters. The van der Waals surface area contributed by atoms with Crippen LogP contribution in [0.4, 0.5) is 4.39 Å². The van der Waals surface area contributed by atoms with Crippen LogP contribution in [0.2, 0.25) is 0 Å². The monoisotopic (exact) mass is 369 g/mol. The van der Waals surface area contributed by atoms with Gasteiger partial charge in [0.05, 0.1) is 4.88 Å². The Kier molecular flexibility index (Phi) is 4.31. The number of hydrogen-bond acceptors (Lipinski definition) is 2. The normalized spacial score (nSPS) is 22.4. The van der Waals surface area contributed by atoms with Gasteiger partial charge in [0.1, 0.15) is 5.82 Å². The van der Waals surface area contributed by atoms with Crippen molar-refractivity contribution in [1.29, 1.82) is 0 Å². The first-order chi connectivity index (χ1) is 10.1. The molecule has 1 aromatic heterocycles. The third kappa shape index (κ3) is 2.99. The molecule has 112 valence electrons. The number of alkyl halides is 1. The second-order valence-corrected chi connectivity index (χ2v) is 7.84. The lowest BCUT2D eigenvalue weighted by atomic mass is 9.94. The molecular formula is C16H17BrFNOS. The minimum absolute atomic E-state index is 0.0351. The number of fused-ring (bicyclic) bond motifs is 1. The number of halogens is 2. The van der Waals surface area contributed by atoms with E-state index in [1.54, 1.807) is 6.07 Å². The molecule has 2 aromatic rings. The first-order valence-electron chi connectivity index (χ1n) is 7.16. The van der Waals surface area contributed by atoms with E-state index < -0.39 is 0 Å². The predicted octanol–water partition coefficient (Wildman–Crippen LogP) is 4.82. The fourth-order valence-corrected chi connectivity index (χ4v) is 4.95. The third-order valence-corrected chi connectivity index (χ3v) is 6.31. The fourth-order valence-electron chi connectivity index (χ4n) is 2.94. The number of carbonyl (C=O) groups excluding carboxylic acids is 1. The molecule has 1 fully saturated rings. The van der Waals surface area contributed by atoms with Gasteiger partial charge >= 0.3 is 0 Å². The van der Waals surface area contributed by atoms with E-state index in [-0.39, 0.29) is 17.8 Å². The summed E-state index contributed by atoms with van der Waals surface area (Å²) in [5.41, 5.74) is 0. The molecular weight excluding hydrogens is 353 g/mol. The Morgan fingerprint density at radius 1 is 1.33 bits per heavy atom. The number of amides is 1. The first kappa shape index (κ1) is 15.0. The van der Waals surface area contributed by atoms with Gasteiger partial charge in [-0.2, -0.15) is 0 Å². The van der Waals surface area contributed by atoms with E-state index in [9.17, 15) is 9.18 Å². The zero-order valence-electron chi connectivity index (χ0n) is 11.8. The van der Waals surface area contributed by atoms with Crippen molar-refractivity contribution in [3.05, 3.63) is 35.0 Å². The molecule has 0 saturated heterocycles. The maximum absolute atomic E-state index is 13.3. The van der Waals surface area contributed by atoms with E-state index in [1.807, 2.05) is 18.0 Å². The van der Waals surface area contributed by atoms with E-state index in [0.717, 1.165) is 22.9 Å². The van der Waals surface area contributed by atoms with Crippen LogP contribution in [0, 0.1) is 5.82 Å². The molecule has 3 rings (SSSR count). The van der Waals surface area contributed by atoms with Gasteiger partial charge < -0.3 is 4.90 Å². The molecule has 2 atom stereocenters. The summed E-state index contributed by atoms with van der Waals surface area (Å²) in [5, 5.41) is 0.928. The summed E-state index contributed by atoms with van der Waals surface area (Å²) < 4.78 is 14.1. The van der Waals surface area contributed by atoms with E-state index in [0.29, 0.717) is 9.70 Å². The molecule has 1 aliphatic rings. The van der Waals surface area contributed by atoms with Gasteiger partial charge in [-0.1, -0.05) is 34.8 Å². The molecule has 1 amide bonds. The van der Waals surface area contributed by atoms with Gasteiger partial charge in [0.25, 0.3) is 5.91 Å². The summed E-state index contributed by atoms with van der Waals surface area (Å²) in [6.07, 6.45) is 4.54. The lowest BCUT2D eigenvalue weighted by molar-refractivity contribution is 0.0710. The molecule has 0 radical (unpaired) electrons. The third-order valence-electron chi connectivity index (χ3n) is 4.16. The van der Waals surface area contributed by atoms with Crippen LogP contribution in [0.25, 0.3) is 10.1 Å². The topological polar surface area (TPSA) is 20.3 Å². The Morgan fingerprint density at radius 2 is 2.10 bits per heavy atom. The molecule has 0 aliphatic heterocycles. The summed E-state index contributed by atoms with van der Waals surface area (Å²) in [5.74, 6) is -0.225. The van der Waals surface area contributed by atoms with Crippen molar-refractivity contribution in [3.63, 3.8) is 0 Å². The van der Waals surface area contributed by atoms with Gasteiger partial charge in [0.15, 0.2) is 0 Å². The molecule has 1 aliphatic carbocycles. The van der Waals surface area contributed by atoms with Gasteiger partial charge in [0, 0.05) is 22.6 Å². The summed E-state index contributed by atoms with van der Waals surface area (Å²) >= 11 is 5.07. The number of hydrogen-bond donors (Lipinski definition) is 0. The Balaban J connectivity index is 1.85. The fraction of sp³-hybridized carbons (Fsp3) is 0.438. The lowest BCUT2D eigenvalue weighted by Crippen LogP contribution is -2.43. The second kappa shape index (κ2) is 6.05. The number of rotatable bonds is 2. The average Bonchev–Trinajstić information content (AvgIpc) is 2.89. The molecule has 2 nitrogen and oxygen atoms in total. The quantitative estimate of drug-likeness (QED) is 0.695. The van der Waals surface area contributed by atoms with Crippen molar-refractivity contribution in [1.82, 2.24) is 4.90 Å². The van der Waals surface area contributed by atoms with Crippen LogP contribution in [-0.4, -0.2) is 28.7 Å². The van der Waals surface area contributed by atoms with Gasteiger partial charge in [-0.3, -0.25) is 4.79 Å². The summed E-state index contributed by atoms with van der Waals surface area (Å²) in [7, 11) is 1.87. The number of thiophene rings is 1. The van der Waals surface area contributed by atoms with Crippen LogP contribution in [0.1, 0.15) is 35.4 Å². The van der Waals surface area contributed by atoms with Crippen LogP contribution < -0.4 is 0 Å². The molecule has 0 spiro atoms. The smallest absolute Gasteiger partial charge is 0.263 e. The van der Waals surface area contributed by atoms with Crippen LogP contribution in [0.15, 0.2) is 24.3 Å². The van der Waals surface area contributed by atoms with E-state index >= 15 is 0 Å². The van der Waals surface area contributed by atoms with Gasteiger partial charge in [-0.05, 0) is 36.4 Å². The highest BCUT2D eigenvalue weighted by Crippen LogP contribution is 2.31. The molecule has 5 heteroatoms. The van der Waals surface area contributed by atoms with Crippen molar-refractivity contribution in [2.24, 2.45) is 0 Å². The summed E-state index contributed by atoms with van der Waals surface area (Å²) in [6, 6.07) is 6.76. The number of benzene rings is 1. The van der Waals surface area contributed by atoms with Crippen molar-refractivity contribution >= 4 is 43.3 Å². The van der Waals surface area contributed by atoms with Crippen molar-refractivity contribution in [2.45, 2.75) is 36.6 Å². The van der Waals surface area contributed by atoms with E-state index in [4.69, 9.17) is 0 Å². The second-order valence-electron chi connectivity index (χ2n) is 5.58. The predicted molar refractivity (Wildman–Crippen MR) is 88.8 cm³/mol. The minimum Gasteiger partial charge on any atom is -0.337 e. The van der Waals surface area contributed by atoms with E-state index in [1.165, 1.54) is 36.3 Å². The highest BCUT2D eigenvalue weighted by Gasteiger charge is 2.30. The van der Waals surface area contributed by atoms with Crippen LogP contribution in [0.5, 0.6) is 0 Å². The first-order valence-corrected chi connectivity index (χ1v) is 8.90. The Hall–Kier alpha value is -0.940. The largest absolute Gasteiger partial charge is 0.337 e. The number of nitrogens with zero attached hydrogens (tertiary/aromatic N) is 1. The van der Waals surface area contributed by atoms with Gasteiger partial charge in [0.2, 0.25) is 0 Å². The maximum atomic E-state index is 13.3. The van der Waals surface area contributed by atoms with Crippen LogP contribution in [-0.2, 0) is 0 Å². The Morgan fingerprint density at radius 3 is 2.86 bits per heavy atom. The van der Waals surface area contributed by atoms with Crippen molar-refractivity contribution in [3.8, 4) is 0 Å². The van der Waals surface area contributed by atoms with Gasteiger partial charge in [-0.25, -0.2) is 4.39 Å². The minimum atomic E-state index is -0.260. The highest BCUT2D eigenvalue weighted by atomic mass is 79.9. The van der Waals surface area contributed by atoms with Crippen molar-refractivity contribution in [2.75, 3.05) is 7.05 Å². The molecule has 1 heterocycles. The maximum Gasteiger partial charge on any atom is 0.263 e. The molecule has 1 saturated carbocycles. The highest BCUT2D eigenvalue weighted by molar-refractivity contribution is 9.09. The zero-order valence-corrected chi connectivity index (χ0v) is 14.2. The summed E-state index contributed by atoms with van der Waals surface area (Å²) in [4.78, 5) is 15.6. The van der Waals surface area contributed by atoms with Crippen LogP contribution >= 0.6 is 27.3 Å². The molecule has 0 N–H and O–H groups in total. The Bertz CT molecular complexity index is 671. The average molecular weight is 370 g/mol. The lowest BCUT2D eigenvalue weighted by Gasteiger charge is -2.35. The molecule has 0 bridgehead atoms. The van der Waals surface area contributed by atoms with E-state index in [2.05, 4.69) is 15.9 Å². The SMILES string of the molecule is CN(C(=O)c1cc2ccc(F)cc2s1)C1CCCCC1Br. The van der Waals surface area contributed by atoms with Crippen molar-refractivity contribution < 1.29 is 9.18 Å². The summed E-state index contributed by atoms with van der Waals surface area (Å²) in [6.45, 7) is 0. The van der Waals surface area contributed by atoms with Gasteiger partial charge in [-0.15, -0.1) is 11.3 Å². The van der Waals surface area contributed by atoms with Crippen LogP contribution in [0.3, 0.4) is 0 Å². The zero-order chi connectivity index (χ0) is 15.0.